The number of oxime groups is 1. The zero-order valence-electron chi connectivity index (χ0n) is 18.3. The van der Waals surface area contributed by atoms with Crippen LogP contribution in [0.15, 0.2) is 109 Å². The molecular weight excluding hydrogens is 446 g/mol. The molecular formula is C27H23N3O3S. The van der Waals surface area contributed by atoms with Crippen molar-refractivity contribution < 1.29 is 14.7 Å². The molecule has 1 aromatic heterocycles. The molecule has 0 saturated heterocycles. The lowest BCUT2D eigenvalue weighted by atomic mass is 9.70. The number of aromatic nitrogens is 1. The van der Waals surface area contributed by atoms with Gasteiger partial charge in [-0.25, -0.2) is 9.78 Å². The molecule has 3 N–H and O–H groups in total. The van der Waals surface area contributed by atoms with E-state index in [-0.39, 0.29) is 23.0 Å². The zero-order valence-corrected chi connectivity index (χ0v) is 19.1. The van der Waals surface area contributed by atoms with Crippen LogP contribution in [0.25, 0.3) is 0 Å². The second-order valence-electron chi connectivity index (χ2n) is 7.41. The fraction of sp³-hybridized carbons (Fsp3) is 0.0741. The molecule has 0 amide bonds. The Morgan fingerprint density at radius 1 is 0.971 bits per heavy atom. The molecule has 0 radical (unpaired) electrons. The van der Waals surface area contributed by atoms with Gasteiger partial charge >= 0.3 is 5.97 Å². The molecule has 0 unspecified atom stereocenters. The second kappa shape index (κ2) is 10.1. The molecule has 6 nitrogen and oxygen atoms in total. The summed E-state index contributed by atoms with van der Waals surface area (Å²) in [5.74, 6) is -1.28. The number of hydrogen-bond acceptors (Lipinski definition) is 6. The highest BCUT2D eigenvalue weighted by Crippen LogP contribution is 2.47. The van der Waals surface area contributed by atoms with Crippen LogP contribution in [-0.2, 0) is 15.0 Å². The molecule has 1 heterocycles. The second-order valence-corrected chi connectivity index (χ2v) is 8.44. The normalized spacial score (nSPS) is 11.7. The monoisotopic (exact) mass is 469 g/mol. The summed E-state index contributed by atoms with van der Waals surface area (Å²) in [7, 11) is 0. The number of carboxylic acid groups (broad SMARTS) is 1. The number of aliphatic carboxylic acids is 1. The Morgan fingerprint density at radius 2 is 1.44 bits per heavy atom. The number of hydrogen-bond donors (Lipinski definition) is 2. The van der Waals surface area contributed by atoms with Crippen LogP contribution in [0.2, 0.25) is 0 Å². The number of rotatable bonds is 9. The average molecular weight is 470 g/mol. The summed E-state index contributed by atoms with van der Waals surface area (Å²) in [4.78, 5) is 21.8. The summed E-state index contributed by atoms with van der Waals surface area (Å²) in [6, 6.07) is 29.9. The van der Waals surface area contributed by atoms with Gasteiger partial charge in [0.05, 0.1) is 5.41 Å². The molecule has 0 fully saturated rings. The van der Waals surface area contributed by atoms with E-state index >= 15 is 0 Å². The molecule has 0 spiro atoms. The maximum Gasteiger partial charge on any atom is 0.360 e. The minimum atomic E-state index is -1.28. The fourth-order valence-corrected chi connectivity index (χ4v) is 5.03. The highest BCUT2D eigenvalue weighted by molar-refractivity contribution is 7.16. The number of benzene rings is 3. The lowest BCUT2D eigenvalue weighted by molar-refractivity contribution is -0.129. The number of nitrogens with two attached hydrogens (primary N) is 1. The maximum absolute atomic E-state index is 12.0. The maximum atomic E-state index is 12.0. The first-order valence-corrected chi connectivity index (χ1v) is 11.4. The largest absolute Gasteiger partial charge is 0.476 e. The first-order chi connectivity index (χ1) is 16.6. The van der Waals surface area contributed by atoms with Gasteiger partial charge < -0.3 is 15.7 Å². The van der Waals surface area contributed by atoms with Crippen LogP contribution < -0.4 is 5.73 Å². The van der Waals surface area contributed by atoms with Crippen LogP contribution in [0.1, 0.15) is 27.4 Å². The van der Waals surface area contributed by atoms with Crippen LogP contribution in [0.5, 0.6) is 0 Å². The van der Waals surface area contributed by atoms with Crippen molar-refractivity contribution in [3.8, 4) is 0 Å². The van der Waals surface area contributed by atoms with Gasteiger partial charge in [-0.3, -0.25) is 0 Å². The molecule has 170 valence electrons. The number of carboxylic acids is 1. The van der Waals surface area contributed by atoms with E-state index in [1.165, 1.54) is 17.4 Å². The van der Waals surface area contributed by atoms with E-state index in [1.54, 1.807) is 0 Å². The standard InChI is InChI=1S/C27H23N3O3S/c1-2-18-33-30-23(25(31)32)22-24(28)34-26(29-22)27(19-12-6-3-7-13-19,20-14-8-4-9-15-20)21-16-10-5-11-17-21/h2-17H,1,18,28H2,(H,31,32). The quantitative estimate of drug-likeness (QED) is 0.117. The minimum absolute atomic E-state index is 0.0651. The van der Waals surface area contributed by atoms with Crippen molar-refractivity contribution in [1.82, 2.24) is 4.98 Å². The van der Waals surface area contributed by atoms with Gasteiger partial charge in [0, 0.05) is 0 Å². The van der Waals surface area contributed by atoms with Gasteiger partial charge in [0.25, 0.3) is 0 Å². The molecule has 3 aromatic carbocycles. The van der Waals surface area contributed by atoms with Crippen LogP contribution in [0.4, 0.5) is 5.00 Å². The molecule has 0 aliphatic heterocycles. The van der Waals surface area contributed by atoms with E-state index in [2.05, 4.69) is 11.7 Å². The third kappa shape index (κ3) is 4.21. The van der Waals surface area contributed by atoms with E-state index in [9.17, 15) is 9.90 Å². The summed E-state index contributed by atoms with van der Waals surface area (Å²) < 4.78 is 0. The number of nitrogen functional groups attached to an aromatic ring is 1. The summed E-state index contributed by atoms with van der Waals surface area (Å²) in [5, 5.41) is 14.4. The Balaban J connectivity index is 2.03. The van der Waals surface area contributed by atoms with Crippen molar-refractivity contribution >= 4 is 28.0 Å². The molecule has 0 saturated carbocycles. The van der Waals surface area contributed by atoms with Gasteiger partial charge in [-0.1, -0.05) is 120 Å². The molecule has 34 heavy (non-hydrogen) atoms. The SMILES string of the molecule is C=CCON=C(C(=O)O)c1nc(C(c2ccccc2)(c2ccccc2)c2ccccc2)sc1N. The highest BCUT2D eigenvalue weighted by atomic mass is 32.1. The van der Waals surface area contributed by atoms with Gasteiger partial charge in [-0.05, 0) is 16.7 Å². The van der Waals surface area contributed by atoms with Crippen LogP contribution >= 0.6 is 11.3 Å². The Kier molecular flexibility index (Phi) is 6.85. The van der Waals surface area contributed by atoms with Crippen LogP contribution in [-0.4, -0.2) is 28.4 Å². The smallest absolute Gasteiger partial charge is 0.360 e. The van der Waals surface area contributed by atoms with Gasteiger partial charge in [-0.2, -0.15) is 0 Å². The Bertz CT molecular complexity index is 1210. The van der Waals surface area contributed by atoms with E-state index < -0.39 is 11.4 Å². The third-order valence-electron chi connectivity index (χ3n) is 5.37. The predicted octanol–water partition coefficient (Wildman–Crippen LogP) is 5.10. The van der Waals surface area contributed by atoms with E-state index in [1.807, 2.05) is 91.0 Å². The molecule has 0 aliphatic carbocycles. The lowest BCUT2D eigenvalue weighted by Crippen LogP contribution is -2.31. The zero-order chi connectivity index (χ0) is 24.0. The average Bonchev–Trinajstić information content (AvgIpc) is 3.25. The fourth-order valence-electron chi connectivity index (χ4n) is 3.93. The van der Waals surface area contributed by atoms with Crippen molar-refractivity contribution in [2.45, 2.75) is 5.41 Å². The number of nitrogens with zero attached hydrogens (tertiary/aromatic N) is 2. The molecule has 0 aliphatic rings. The van der Waals surface area contributed by atoms with Gasteiger partial charge in [-0.15, -0.1) is 0 Å². The Morgan fingerprint density at radius 3 is 1.85 bits per heavy atom. The number of thiazole rings is 1. The first kappa shape index (κ1) is 22.9. The molecule has 0 atom stereocenters. The number of anilines is 1. The summed E-state index contributed by atoms with van der Waals surface area (Å²) in [6.07, 6.45) is 1.48. The van der Waals surface area contributed by atoms with Gasteiger partial charge in [0.2, 0.25) is 5.71 Å². The van der Waals surface area contributed by atoms with Crippen molar-refractivity contribution in [2.75, 3.05) is 12.3 Å². The van der Waals surface area contributed by atoms with E-state index in [4.69, 9.17) is 15.6 Å². The first-order valence-electron chi connectivity index (χ1n) is 10.6. The van der Waals surface area contributed by atoms with E-state index in [0.29, 0.717) is 5.01 Å². The summed E-state index contributed by atoms with van der Waals surface area (Å²) in [6.45, 7) is 3.62. The minimum Gasteiger partial charge on any atom is -0.476 e. The molecule has 0 bridgehead atoms. The summed E-state index contributed by atoms with van der Waals surface area (Å²) in [5.41, 5.74) is 8.17. The van der Waals surface area contributed by atoms with Crippen molar-refractivity contribution in [2.24, 2.45) is 5.16 Å². The van der Waals surface area contributed by atoms with Gasteiger partial charge in [0.15, 0.2) is 0 Å². The highest BCUT2D eigenvalue weighted by Gasteiger charge is 2.42. The van der Waals surface area contributed by atoms with Crippen molar-refractivity contribution in [3.05, 3.63) is 131 Å². The predicted molar refractivity (Wildman–Crippen MR) is 135 cm³/mol. The number of carbonyl (C=O) groups is 1. The van der Waals surface area contributed by atoms with Crippen LogP contribution in [0, 0.1) is 0 Å². The lowest BCUT2D eigenvalue weighted by Gasteiger charge is -2.34. The van der Waals surface area contributed by atoms with Crippen molar-refractivity contribution in [1.29, 1.82) is 0 Å². The topological polar surface area (TPSA) is 97.8 Å². The molecule has 4 rings (SSSR count). The van der Waals surface area contributed by atoms with Gasteiger partial charge in [0.1, 0.15) is 22.3 Å². The Labute approximate surface area is 201 Å². The van der Waals surface area contributed by atoms with Crippen LogP contribution in [0.3, 0.4) is 0 Å². The Hall–Kier alpha value is -4.23. The summed E-state index contributed by atoms with van der Waals surface area (Å²) >= 11 is 1.24. The third-order valence-corrected chi connectivity index (χ3v) is 6.37. The molecule has 4 aromatic rings. The molecule has 7 heteroatoms. The van der Waals surface area contributed by atoms with Crippen molar-refractivity contribution in [3.63, 3.8) is 0 Å². The van der Waals surface area contributed by atoms with E-state index in [0.717, 1.165) is 16.7 Å².